The second kappa shape index (κ2) is 7.46. The summed E-state index contributed by atoms with van der Waals surface area (Å²) < 4.78 is 0. The van der Waals surface area contributed by atoms with Gasteiger partial charge in [0.25, 0.3) is 0 Å². The number of hydrogen-bond donors (Lipinski definition) is 2. The number of phenols is 1. The predicted molar refractivity (Wildman–Crippen MR) is 84.1 cm³/mol. The first kappa shape index (κ1) is 15.8. The molecule has 21 heavy (non-hydrogen) atoms. The number of phenolic OH excluding ortho intramolecular Hbond substituents is 1. The molecule has 1 aromatic rings. The van der Waals surface area contributed by atoms with Crippen LogP contribution in [0.25, 0.3) is 0 Å². The van der Waals surface area contributed by atoms with Gasteiger partial charge in [0.05, 0.1) is 6.04 Å². The lowest BCUT2D eigenvalue weighted by molar-refractivity contribution is -0.132. The predicted octanol–water partition coefficient (Wildman–Crippen LogP) is 2.69. The van der Waals surface area contributed by atoms with Crippen molar-refractivity contribution in [2.24, 2.45) is 5.92 Å². The van der Waals surface area contributed by atoms with E-state index in [0.29, 0.717) is 12.3 Å². The number of nitrogens with one attached hydrogen (secondary N) is 1. The van der Waals surface area contributed by atoms with Crippen LogP contribution < -0.4 is 5.32 Å². The minimum absolute atomic E-state index is 0.105. The van der Waals surface area contributed by atoms with Gasteiger partial charge in [-0.15, -0.1) is 0 Å². The second-order valence-electron chi connectivity index (χ2n) is 5.97. The number of hydrogen-bond acceptors (Lipinski definition) is 3. The van der Waals surface area contributed by atoms with Gasteiger partial charge in [0.1, 0.15) is 5.75 Å². The summed E-state index contributed by atoms with van der Waals surface area (Å²) in [6.07, 6.45) is 3.91. The van der Waals surface area contributed by atoms with Gasteiger partial charge < -0.3 is 15.3 Å². The van der Waals surface area contributed by atoms with Crippen molar-refractivity contribution < 1.29 is 9.90 Å². The lowest BCUT2D eigenvalue weighted by Gasteiger charge is -2.27. The standard InChI is InChI=1S/C17H26N2O2/c1-13(15-5-3-4-6-16(15)20)19(2)17(21)8-7-14-9-11-18-12-10-14/h3-6,13-14,18,20H,7-12H2,1-2H3. The molecule has 0 radical (unpaired) electrons. The maximum atomic E-state index is 12.3. The second-order valence-corrected chi connectivity index (χ2v) is 5.97. The van der Waals surface area contributed by atoms with Crippen molar-refractivity contribution in [3.05, 3.63) is 29.8 Å². The number of aromatic hydroxyl groups is 1. The maximum Gasteiger partial charge on any atom is 0.222 e. The highest BCUT2D eigenvalue weighted by Crippen LogP contribution is 2.28. The molecule has 0 aromatic heterocycles. The van der Waals surface area contributed by atoms with Crippen LogP contribution >= 0.6 is 0 Å². The molecule has 1 heterocycles. The molecule has 0 aliphatic carbocycles. The third-order valence-corrected chi connectivity index (χ3v) is 4.59. The Bertz CT molecular complexity index is 470. The summed E-state index contributed by atoms with van der Waals surface area (Å²) in [4.78, 5) is 14.1. The van der Waals surface area contributed by atoms with Crippen molar-refractivity contribution in [3.8, 4) is 5.75 Å². The summed E-state index contributed by atoms with van der Waals surface area (Å²) in [5, 5.41) is 13.2. The minimum Gasteiger partial charge on any atom is -0.508 e. The zero-order chi connectivity index (χ0) is 15.2. The average molecular weight is 290 g/mol. The third-order valence-electron chi connectivity index (χ3n) is 4.59. The van der Waals surface area contributed by atoms with Crippen molar-refractivity contribution in [2.75, 3.05) is 20.1 Å². The van der Waals surface area contributed by atoms with E-state index in [9.17, 15) is 9.90 Å². The smallest absolute Gasteiger partial charge is 0.222 e. The molecule has 4 heteroatoms. The van der Waals surface area contributed by atoms with E-state index in [1.165, 1.54) is 12.8 Å². The number of carbonyl (C=O) groups excluding carboxylic acids is 1. The van der Waals surface area contributed by atoms with Crippen molar-refractivity contribution in [1.29, 1.82) is 0 Å². The number of rotatable bonds is 5. The van der Waals surface area contributed by atoms with Gasteiger partial charge >= 0.3 is 0 Å². The van der Waals surface area contributed by atoms with Gasteiger partial charge in [-0.05, 0) is 51.3 Å². The fourth-order valence-corrected chi connectivity index (χ4v) is 2.94. The van der Waals surface area contributed by atoms with Gasteiger partial charge in [0, 0.05) is 19.0 Å². The lowest BCUT2D eigenvalue weighted by Crippen LogP contribution is -2.31. The molecule has 0 bridgehead atoms. The van der Waals surface area contributed by atoms with Crippen LogP contribution in [0.2, 0.25) is 0 Å². The molecular formula is C17H26N2O2. The van der Waals surface area contributed by atoms with E-state index in [2.05, 4.69) is 5.32 Å². The molecule has 116 valence electrons. The van der Waals surface area contributed by atoms with Gasteiger partial charge in [-0.3, -0.25) is 4.79 Å². The summed E-state index contributed by atoms with van der Waals surface area (Å²) in [5.74, 6) is 1.08. The van der Waals surface area contributed by atoms with Crippen LogP contribution in [-0.2, 0) is 4.79 Å². The van der Waals surface area contributed by atoms with Crippen LogP contribution in [0.3, 0.4) is 0 Å². The summed E-state index contributed by atoms with van der Waals surface area (Å²) in [6.45, 7) is 4.10. The molecular weight excluding hydrogens is 264 g/mol. The highest BCUT2D eigenvalue weighted by atomic mass is 16.3. The third kappa shape index (κ3) is 4.21. The molecule has 2 rings (SSSR count). The van der Waals surface area contributed by atoms with E-state index in [-0.39, 0.29) is 17.7 Å². The van der Waals surface area contributed by atoms with Gasteiger partial charge in [-0.25, -0.2) is 0 Å². The number of carbonyl (C=O) groups is 1. The molecule has 1 aromatic carbocycles. The highest BCUT2D eigenvalue weighted by molar-refractivity contribution is 5.76. The van der Waals surface area contributed by atoms with Gasteiger partial charge in [-0.2, -0.15) is 0 Å². The van der Waals surface area contributed by atoms with Crippen molar-refractivity contribution in [3.63, 3.8) is 0 Å². The Morgan fingerprint density at radius 3 is 2.71 bits per heavy atom. The Hall–Kier alpha value is -1.55. The monoisotopic (exact) mass is 290 g/mol. The number of piperidine rings is 1. The molecule has 1 aliphatic rings. The first-order valence-corrected chi connectivity index (χ1v) is 7.84. The lowest BCUT2D eigenvalue weighted by atomic mass is 9.93. The van der Waals surface area contributed by atoms with Crippen LogP contribution in [0.15, 0.2) is 24.3 Å². The topological polar surface area (TPSA) is 52.6 Å². The van der Waals surface area contributed by atoms with Crippen LogP contribution in [0.5, 0.6) is 5.75 Å². The molecule has 2 N–H and O–H groups in total. The Balaban J connectivity index is 1.88. The molecule has 1 fully saturated rings. The number of nitrogens with zero attached hydrogens (tertiary/aromatic N) is 1. The summed E-state index contributed by atoms with van der Waals surface area (Å²) in [6, 6.07) is 7.12. The molecule has 0 spiro atoms. The fourth-order valence-electron chi connectivity index (χ4n) is 2.94. The van der Waals surface area contributed by atoms with Gasteiger partial charge in [0.2, 0.25) is 5.91 Å². The maximum absolute atomic E-state index is 12.3. The van der Waals surface area contributed by atoms with E-state index >= 15 is 0 Å². The number of amides is 1. The molecule has 1 atom stereocenters. The van der Waals surface area contributed by atoms with E-state index < -0.39 is 0 Å². The van der Waals surface area contributed by atoms with Crippen LogP contribution in [0, 0.1) is 5.92 Å². The Morgan fingerprint density at radius 1 is 1.38 bits per heavy atom. The molecule has 1 amide bonds. The quantitative estimate of drug-likeness (QED) is 0.876. The van der Waals surface area contributed by atoms with Crippen LogP contribution in [0.4, 0.5) is 0 Å². The van der Waals surface area contributed by atoms with Crippen LogP contribution in [-0.4, -0.2) is 36.1 Å². The molecule has 0 saturated carbocycles. The number of para-hydroxylation sites is 1. The van der Waals surface area contributed by atoms with E-state index in [1.807, 2.05) is 26.1 Å². The minimum atomic E-state index is -0.105. The van der Waals surface area contributed by atoms with E-state index in [1.54, 1.807) is 17.0 Å². The first-order chi connectivity index (χ1) is 10.1. The SMILES string of the molecule is CC(c1ccccc1O)N(C)C(=O)CCC1CCNCC1. The van der Waals surface area contributed by atoms with Crippen molar-refractivity contribution in [2.45, 2.75) is 38.6 Å². The summed E-state index contributed by atoms with van der Waals surface area (Å²) >= 11 is 0. The molecule has 4 nitrogen and oxygen atoms in total. The zero-order valence-corrected chi connectivity index (χ0v) is 13.0. The average Bonchev–Trinajstić information content (AvgIpc) is 2.52. The van der Waals surface area contributed by atoms with E-state index in [4.69, 9.17) is 0 Å². The Labute approximate surface area is 127 Å². The zero-order valence-electron chi connectivity index (χ0n) is 13.0. The molecule has 1 aliphatic heterocycles. The molecule has 1 saturated heterocycles. The van der Waals surface area contributed by atoms with Crippen LogP contribution in [0.1, 0.15) is 44.2 Å². The van der Waals surface area contributed by atoms with Crippen molar-refractivity contribution in [1.82, 2.24) is 10.2 Å². The normalized spacial score (nSPS) is 17.4. The molecule has 1 unspecified atom stereocenters. The van der Waals surface area contributed by atoms with Gasteiger partial charge in [-0.1, -0.05) is 18.2 Å². The largest absolute Gasteiger partial charge is 0.508 e. The summed E-state index contributed by atoms with van der Waals surface area (Å²) in [7, 11) is 1.82. The van der Waals surface area contributed by atoms with E-state index in [0.717, 1.165) is 25.1 Å². The number of benzene rings is 1. The first-order valence-electron chi connectivity index (χ1n) is 7.84. The summed E-state index contributed by atoms with van der Waals surface area (Å²) in [5.41, 5.74) is 0.801. The van der Waals surface area contributed by atoms with Crippen molar-refractivity contribution >= 4 is 5.91 Å². The Morgan fingerprint density at radius 2 is 2.05 bits per heavy atom. The Kier molecular flexibility index (Phi) is 5.62. The fraction of sp³-hybridized carbons (Fsp3) is 0.588. The highest BCUT2D eigenvalue weighted by Gasteiger charge is 2.21. The van der Waals surface area contributed by atoms with Gasteiger partial charge in [0.15, 0.2) is 0 Å².